The van der Waals surface area contributed by atoms with Crippen LogP contribution in [-0.2, 0) is 0 Å². The summed E-state index contributed by atoms with van der Waals surface area (Å²) in [5, 5.41) is 3.38. The number of pyridine rings is 1. The van der Waals surface area contributed by atoms with E-state index in [9.17, 15) is 0 Å². The Labute approximate surface area is 93.2 Å². The molecule has 0 radical (unpaired) electrons. The fraction of sp³-hybridized carbons (Fsp3) is 0.455. The van der Waals surface area contributed by atoms with Crippen molar-refractivity contribution in [3.63, 3.8) is 0 Å². The molecule has 16 heavy (non-hydrogen) atoms. The SMILES string of the molecule is c1cnc2nc(OCC3CCCN3)[nH]c2c1. The van der Waals surface area contributed by atoms with Gasteiger partial charge in [-0.3, -0.25) is 0 Å². The average Bonchev–Trinajstić information content (AvgIpc) is 2.95. The van der Waals surface area contributed by atoms with Gasteiger partial charge in [0.1, 0.15) is 6.61 Å². The van der Waals surface area contributed by atoms with Crippen molar-refractivity contribution in [2.45, 2.75) is 18.9 Å². The summed E-state index contributed by atoms with van der Waals surface area (Å²) in [5.74, 6) is 0. The summed E-state index contributed by atoms with van der Waals surface area (Å²) in [4.78, 5) is 11.5. The lowest BCUT2D eigenvalue weighted by molar-refractivity contribution is 0.260. The first-order chi connectivity index (χ1) is 7.92. The summed E-state index contributed by atoms with van der Waals surface area (Å²) >= 11 is 0. The third kappa shape index (κ3) is 1.86. The Morgan fingerprint density at radius 2 is 2.50 bits per heavy atom. The van der Waals surface area contributed by atoms with E-state index in [1.54, 1.807) is 6.20 Å². The molecule has 1 unspecified atom stereocenters. The van der Waals surface area contributed by atoms with Crippen molar-refractivity contribution in [2.75, 3.05) is 13.2 Å². The van der Waals surface area contributed by atoms with E-state index in [0.717, 1.165) is 12.1 Å². The number of H-pyrrole nitrogens is 1. The summed E-state index contributed by atoms with van der Waals surface area (Å²) in [5.41, 5.74) is 1.62. The third-order valence-corrected chi connectivity index (χ3v) is 2.82. The van der Waals surface area contributed by atoms with Crippen LogP contribution in [0.5, 0.6) is 6.01 Å². The lowest BCUT2D eigenvalue weighted by Gasteiger charge is -2.09. The first-order valence-corrected chi connectivity index (χ1v) is 5.59. The van der Waals surface area contributed by atoms with Crippen LogP contribution in [0.2, 0.25) is 0 Å². The molecule has 2 aromatic rings. The van der Waals surface area contributed by atoms with Crippen LogP contribution in [0.15, 0.2) is 18.3 Å². The Morgan fingerprint density at radius 3 is 3.31 bits per heavy atom. The highest BCUT2D eigenvalue weighted by Crippen LogP contribution is 2.13. The van der Waals surface area contributed by atoms with Crippen LogP contribution in [0.4, 0.5) is 0 Å². The van der Waals surface area contributed by atoms with E-state index in [1.165, 1.54) is 12.8 Å². The molecule has 0 amide bonds. The zero-order valence-corrected chi connectivity index (χ0v) is 8.94. The molecule has 3 rings (SSSR count). The van der Waals surface area contributed by atoms with E-state index in [2.05, 4.69) is 20.3 Å². The van der Waals surface area contributed by atoms with Crippen LogP contribution >= 0.6 is 0 Å². The molecule has 5 nitrogen and oxygen atoms in total. The molecule has 3 heterocycles. The number of fused-ring (bicyclic) bond motifs is 1. The molecular weight excluding hydrogens is 204 g/mol. The van der Waals surface area contributed by atoms with E-state index >= 15 is 0 Å². The molecule has 0 aliphatic carbocycles. The maximum atomic E-state index is 5.61. The standard InChI is InChI=1S/C11H14N4O/c1-3-8(12-5-1)7-16-11-14-9-4-2-6-13-10(9)15-11/h2,4,6,8,12H,1,3,5,7H2,(H,13,14,15). The van der Waals surface area contributed by atoms with Crippen LogP contribution < -0.4 is 10.1 Å². The fourth-order valence-corrected chi connectivity index (χ4v) is 1.97. The Morgan fingerprint density at radius 1 is 1.50 bits per heavy atom. The van der Waals surface area contributed by atoms with Gasteiger partial charge in [-0.25, -0.2) is 4.98 Å². The normalized spacial score (nSPS) is 20.4. The summed E-state index contributed by atoms with van der Waals surface area (Å²) in [6.45, 7) is 1.76. The fourth-order valence-electron chi connectivity index (χ4n) is 1.97. The van der Waals surface area contributed by atoms with Crippen molar-refractivity contribution in [1.82, 2.24) is 20.3 Å². The number of rotatable bonds is 3. The smallest absolute Gasteiger partial charge is 0.296 e. The van der Waals surface area contributed by atoms with Crippen molar-refractivity contribution in [1.29, 1.82) is 0 Å². The summed E-state index contributed by atoms with van der Waals surface area (Å²) in [6, 6.07) is 4.84. The van der Waals surface area contributed by atoms with Gasteiger partial charge < -0.3 is 15.0 Å². The van der Waals surface area contributed by atoms with Crippen LogP contribution in [0.3, 0.4) is 0 Å². The van der Waals surface area contributed by atoms with Gasteiger partial charge in [-0.05, 0) is 31.5 Å². The van der Waals surface area contributed by atoms with Crippen LogP contribution in [0.1, 0.15) is 12.8 Å². The minimum absolute atomic E-state index is 0.459. The molecule has 84 valence electrons. The van der Waals surface area contributed by atoms with Gasteiger partial charge in [0, 0.05) is 12.2 Å². The van der Waals surface area contributed by atoms with Gasteiger partial charge in [0.15, 0.2) is 5.65 Å². The number of aromatic amines is 1. The largest absolute Gasteiger partial charge is 0.463 e. The molecule has 1 atom stereocenters. The number of hydrogen-bond donors (Lipinski definition) is 2. The van der Waals surface area contributed by atoms with Gasteiger partial charge in [-0.15, -0.1) is 0 Å². The lowest BCUT2D eigenvalue weighted by Crippen LogP contribution is -2.28. The van der Waals surface area contributed by atoms with E-state index in [0.29, 0.717) is 24.3 Å². The Balaban J connectivity index is 1.69. The van der Waals surface area contributed by atoms with Crippen LogP contribution in [-0.4, -0.2) is 34.1 Å². The van der Waals surface area contributed by atoms with Crippen LogP contribution in [0, 0.1) is 0 Å². The number of imidazole rings is 1. The van der Waals surface area contributed by atoms with Crippen molar-refractivity contribution in [3.8, 4) is 6.01 Å². The lowest BCUT2D eigenvalue weighted by atomic mass is 10.2. The molecule has 2 N–H and O–H groups in total. The van der Waals surface area contributed by atoms with Gasteiger partial charge in [-0.2, -0.15) is 4.98 Å². The maximum Gasteiger partial charge on any atom is 0.296 e. The summed E-state index contributed by atoms with van der Waals surface area (Å²) < 4.78 is 5.61. The highest BCUT2D eigenvalue weighted by atomic mass is 16.5. The molecule has 0 saturated carbocycles. The molecule has 1 fully saturated rings. The molecule has 0 aromatic carbocycles. The predicted molar refractivity (Wildman–Crippen MR) is 60.4 cm³/mol. The number of aromatic nitrogens is 3. The number of nitrogens with one attached hydrogen (secondary N) is 2. The second-order valence-corrected chi connectivity index (χ2v) is 4.02. The third-order valence-electron chi connectivity index (χ3n) is 2.82. The number of ether oxygens (including phenoxy) is 1. The van der Waals surface area contributed by atoms with E-state index < -0.39 is 0 Å². The van der Waals surface area contributed by atoms with Gasteiger partial charge in [0.05, 0.1) is 5.52 Å². The molecule has 1 aliphatic heterocycles. The maximum absolute atomic E-state index is 5.61. The minimum Gasteiger partial charge on any atom is -0.463 e. The van der Waals surface area contributed by atoms with Crippen molar-refractivity contribution < 1.29 is 4.74 Å². The Hall–Kier alpha value is -1.62. The van der Waals surface area contributed by atoms with E-state index in [4.69, 9.17) is 4.74 Å². The zero-order chi connectivity index (χ0) is 10.8. The van der Waals surface area contributed by atoms with E-state index in [1.807, 2.05) is 12.1 Å². The minimum atomic E-state index is 0.459. The predicted octanol–water partition coefficient (Wildman–Crippen LogP) is 1.09. The zero-order valence-electron chi connectivity index (χ0n) is 8.94. The first-order valence-electron chi connectivity index (χ1n) is 5.59. The Bertz CT molecular complexity index is 443. The molecule has 0 spiro atoms. The van der Waals surface area contributed by atoms with Crippen molar-refractivity contribution >= 4 is 11.2 Å². The van der Waals surface area contributed by atoms with Gasteiger partial charge >= 0.3 is 0 Å². The quantitative estimate of drug-likeness (QED) is 0.809. The second-order valence-electron chi connectivity index (χ2n) is 4.02. The monoisotopic (exact) mass is 218 g/mol. The van der Waals surface area contributed by atoms with Gasteiger partial charge in [-0.1, -0.05) is 0 Å². The summed E-state index contributed by atoms with van der Waals surface area (Å²) in [7, 11) is 0. The Kier molecular flexibility index (Phi) is 2.46. The molecule has 0 bridgehead atoms. The second kappa shape index (κ2) is 4.09. The highest BCUT2D eigenvalue weighted by Gasteiger charge is 2.15. The molecule has 5 heteroatoms. The first kappa shape index (κ1) is 9.59. The molecular formula is C11H14N4O. The molecule has 1 saturated heterocycles. The highest BCUT2D eigenvalue weighted by molar-refractivity contribution is 5.70. The van der Waals surface area contributed by atoms with E-state index in [-0.39, 0.29) is 0 Å². The van der Waals surface area contributed by atoms with Gasteiger partial charge in [0.2, 0.25) is 0 Å². The molecule has 2 aromatic heterocycles. The number of nitrogens with zero attached hydrogens (tertiary/aromatic N) is 2. The van der Waals surface area contributed by atoms with Crippen LogP contribution in [0.25, 0.3) is 11.2 Å². The molecule has 1 aliphatic rings. The summed E-state index contributed by atoms with van der Waals surface area (Å²) in [6.07, 6.45) is 4.14. The topological polar surface area (TPSA) is 62.8 Å². The van der Waals surface area contributed by atoms with Crippen molar-refractivity contribution in [3.05, 3.63) is 18.3 Å². The average molecular weight is 218 g/mol. The number of hydrogen-bond acceptors (Lipinski definition) is 4. The van der Waals surface area contributed by atoms with Crippen molar-refractivity contribution in [2.24, 2.45) is 0 Å². The van der Waals surface area contributed by atoms with Gasteiger partial charge in [0.25, 0.3) is 6.01 Å².